The van der Waals surface area contributed by atoms with Crippen molar-refractivity contribution >= 4 is 11.0 Å². The zero-order chi connectivity index (χ0) is 11.0. The number of halogens is 1. The summed E-state index contributed by atoms with van der Waals surface area (Å²) in [5.74, 6) is -0.613. The number of nitrogens with one attached hydrogen (secondary N) is 1. The van der Waals surface area contributed by atoms with Gasteiger partial charge in [-0.05, 0) is 18.6 Å². The first-order chi connectivity index (χ1) is 7.13. The predicted molar refractivity (Wildman–Crippen MR) is 53.0 cm³/mol. The van der Waals surface area contributed by atoms with Crippen molar-refractivity contribution in [2.75, 3.05) is 0 Å². The monoisotopic (exact) mass is 208 g/mol. The number of H-pyrrole nitrogens is 1. The molecule has 2 rings (SSSR count). The van der Waals surface area contributed by atoms with Gasteiger partial charge in [-0.2, -0.15) is 0 Å². The van der Waals surface area contributed by atoms with Crippen LogP contribution in [0.4, 0.5) is 4.39 Å². The lowest BCUT2D eigenvalue weighted by Crippen LogP contribution is -2.12. The van der Waals surface area contributed by atoms with E-state index in [4.69, 9.17) is 5.11 Å². The zero-order valence-corrected chi connectivity index (χ0v) is 8.04. The third kappa shape index (κ3) is 1.50. The normalized spacial score (nSPS) is 10.9. The average molecular weight is 208 g/mol. The van der Waals surface area contributed by atoms with Crippen LogP contribution in [-0.2, 0) is 6.61 Å². The number of aliphatic hydroxyl groups excluding tert-OH is 1. The molecule has 0 aliphatic carbocycles. The number of aromatic amines is 1. The molecule has 0 spiro atoms. The first-order valence-electron chi connectivity index (χ1n) is 4.41. The van der Waals surface area contributed by atoms with Crippen molar-refractivity contribution in [2.45, 2.75) is 13.5 Å². The number of aromatic nitrogens is 2. The van der Waals surface area contributed by atoms with Gasteiger partial charge in [-0.15, -0.1) is 0 Å². The zero-order valence-electron chi connectivity index (χ0n) is 8.04. The molecular formula is C10H9FN2O2. The number of fused-ring (bicyclic) bond motifs is 1. The van der Waals surface area contributed by atoms with Gasteiger partial charge in [-0.1, -0.05) is 0 Å². The molecule has 0 saturated heterocycles. The lowest BCUT2D eigenvalue weighted by atomic mass is 10.2. The summed E-state index contributed by atoms with van der Waals surface area (Å²) >= 11 is 0. The van der Waals surface area contributed by atoms with E-state index in [1.54, 1.807) is 0 Å². The second kappa shape index (κ2) is 3.43. The summed E-state index contributed by atoms with van der Waals surface area (Å²) in [4.78, 5) is 17.6. The first-order valence-corrected chi connectivity index (χ1v) is 4.41. The molecule has 0 radical (unpaired) electrons. The van der Waals surface area contributed by atoms with E-state index in [2.05, 4.69) is 9.97 Å². The Morgan fingerprint density at radius 3 is 3.00 bits per heavy atom. The Kier molecular flexibility index (Phi) is 2.24. The summed E-state index contributed by atoms with van der Waals surface area (Å²) in [5.41, 5.74) is 0.490. The molecule has 2 aromatic rings. The van der Waals surface area contributed by atoms with Crippen molar-refractivity contribution in [2.24, 2.45) is 0 Å². The van der Waals surface area contributed by atoms with Crippen LogP contribution in [0.25, 0.3) is 11.0 Å². The third-order valence-electron chi connectivity index (χ3n) is 2.25. The fourth-order valence-corrected chi connectivity index (χ4v) is 1.36. The number of nitrogens with zero attached hydrogens (tertiary/aromatic N) is 1. The minimum absolute atomic E-state index is 0.0201. The standard InChI is InChI=1S/C10H9FN2O2/c1-5-8(11)9-7(13-10(5)15)2-6(4-14)3-12-9/h2-3,14H,4H2,1H3,(H,13,15). The Hall–Kier alpha value is -1.75. The molecular weight excluding hydrogens is 199 g/mol. The molecule has 0 aromatic carbocycles. The summed E-state index contributed by atoms with van der Waals surface area (Å²) in [6.45, 7) is 1.20. The van der Waals surface area contributed by atoms with Gasteiger partial charge in [0, 0.05) is 6.20 Å². The number of hydrogen-bond donors (Lipinski definition) is 2. The SMILES string of the molecule is Cc1c(F)c2ncc(CO)cc2[nH]c1=O. The minimum Gasteiger partial charge on any atom is -0.392 e. The molecule has 15 heavy (non-hydrogen) atoms. The van der Waals surface area contributed by atoms with Crippen LogP contribution in [-0.4, -0.2) is 15.1 Å². The molecule has 0 unspecified atom stereocenters. The first kappa shape index (κ1) is 9.79. The van der Waals surface area contributed by atoms with Crippen molar-refractivity contribution in [3.63, 3.8) is 0 Å². The summed E-state index contributed by atoms with van der Waals surface area (Å²) in [6, 6.07) is 1.51. The van der Waals surface area contributed by atoms with Crippen LogP contribution in [0, 0.1) is 12.7 Å². The number of rotatable bonds is 1. The molecule has 0 saturated carbocycles. The largest absolute Gasteiger partial charge is 0.392 e. The van der Waals surface area contributed by atoms with Crippen molar-refractivity contribution in [3.8, 4) is 0 Å². The van der Waals surface area contributed by atoms with Crippen LogP contribution in [0.5, 0.6) is 0 Å². The highest BCUT2D eigenvalue weighted by Crippen LogP contribution is 2.14. The topological polar surface area (TPSA) is 66.0 Å². The Morgan fingerprint density at radius 2 is 2.33 bits per heavy atom. The van der Waals surface area contributed by atoms with Gasteiger partial charge >= 0.3 is 0 Å². The molecule has 0 aliphatic rings. The van der Waals surface area contributed by atoms with E-state index in [9.17, 15) is 9.18 Å². The Balaban J connectivity index is 2.86. The fourth-order valence-electron chi connectivity index (χ4n) is 1.36. The highest BCUT2D eigenvalue weighted by molar-refractivity contribution is 5.75. The summed E-state index contributed by atoms with van der Waals surface area (Å²) < 4.78 is 13.5. The van der Waals surface area contributed by atoms with Gasteiger partial charge in [0.15, 0.2) is 5.82 Å². The maximum Gasteiger partial charge on any atom is 0.254 e. The maximum absolute atomic E-state index is 13.5. The van der Waals surface area contributed by atoms with Gasteiger partial charge in [0.05, 0.1) is 17.7 Å². The van der Waals surface area contributed by atoms with Crippen molar-refractivity contribution in [1.29, 1.82) is 0 Å². The van der Waals surface area contributed by atoms with E-state index in [1.807, 2.05) is 0 Å². The predicted octanol–water partition coefficient (Wildman–Crippen LogP) is 0.863. The smallest absolute Gasteiger partial charge is 0.254 e. The van der Waals surface area contributed by atoms with E-state index < -0.39 is 11.4 Å². The van der Waals surface area contributed by atoms with Crippen molar-refractivity contribution < 1.29 is 9.50 Å². The van der Waals surface area contributed by atoms with E-state index in [-0.39, 0.29) is 17.7 Å². The third-order valence-corrected chi connectivity index (χ3v) is 2.25. The molecule has 0 atom stereocenters. The second-order valence-electron chi connectivity index (χ2n) is 3.29. The summed E-state index contributed by atoms with van der Waals surface area (Å²) in [6.07, 6.45) is 1.38. The molecule has 5 heteroatoms. The molecule has 2 heterocycles. The Morgan fingerprint density at radius 1 is 1.60 bits per heavy atom. The number of pyridine rings is 2. The maximum atomic E-state index is 13.5. The second-order valence-corrected chi connectivity index (χ2v) is 3.29. The van der Waals surface area contributed by atoms with Crippen LogP contribution in [0.1, 0.15) is 11.1 Å². The van der Waals surface area contributed by atoms with Gasteiger partial charge < -0.3 is 10.1 Å². The highest BCUT2D eigenvalue weighted by atomic mass is 19.1. The number of aliphatic hydroxyl groups is 1. The van der Waals surface area contributed by atoms with Gasteiger partial charge in [0.2, 0.25) is 0 Å². The Labute approximate surface area is 84.4 Å². The molecule has 0 fully saturated rings. The lowest BCUT2D eigenvalue weighted by Gasteiger charge is -2.02. The van der Waals surface area contributed by atoms with Gasteiger partial charge in [-0.25, -0.2) is 4.39 Å². The van der Waals surface area contributed by atoms with Crippen LogP contribution in [0.15, 0.2) is 17.1 Å². The molecule has 0 amide bonds. The summed E-state index contributed by atoms with van der Waals surface area (Å²) in [5, 5.41) is 8.86. The van der Waals surface area contributed by atoms with Gasteiger partial charge in [-0.3, -0.25) is 9.78 Å². The summed E-state index contributed by atoms with van der Waals surface area (Å²) in [7, 11) is 0. The average Bonchev–Trinajstić information content (AvgIpc) is 2.25. The lowest BCUT2D eigenvalue weighted by molar-refractivity contribution is 0.281. The Bertz CT molecular complexity index is 577. The van der Waals surface area contributed by atoms with E-state index >= 15 is 0 Å². The molecule has 4 nitrogen and oxygen atoms in total. The quantitative estimate of drug-likeness (QED) is 0.730. The van der Waals surface area contributed by atoms with Crippen molar-refractivity contribution in [3.05, 3.63) is 39.6 Å². The van der Waals surface area contributed by atoms with E-state index in [1.165, 1.54) is 19.2 Å². The van der Waals surface area contributed by atoms with Crippen LogP contribution < -0.4 is 5.56 Å². The molecule has 2 aromatic heterocycles. The fraction of sp³-hybridized carbons (Fsp3) is 0.200. The van der Waals surface area contributed by atoms with Crippen LogP contribution in [0.2, 0.25) is 0 Å². The molecule has 0 bridgehead atoms. The highest BCUT2D eigenvalue weighted by Gasteiger charge is 2.09. The van der Waals surface area contributed by atoms with Crippen LogP contribution >= 0.6 is 0 Å². The van der Waals surface area contributed by atoms with Crippen molar-refractivity contribution in [1.82, 2.24) is 9.97 Å². The van der Waals surface area contributed by atoms with E-state index in [0.29, 0.717) is 11.1 Å². The molecule has 0 aliphatic heterocycles. The van der Waals surface area contributed by atoms with E-state index in [0.717, 1.165) is 0 Å². The molecule has 2 N–H and O–H groups in total. The van der Waals surface area contributed by atoms with Gasteiger partial charge in [0.25, 0.3) is 5.56 Å². The van der Waals surface area contributed by atoms with Crippen LogP contribution in [0.3, 0.4) is 0 Å². The van der Waals surface area contributed by atoms with Gasteiger partial charge in [0.1, 0.15) is 5.52 Å². The molecule has 78 valence electrons. The minimum atomic E-state index is -0.613. The number of hydrogen-bond acceptors (Lipinski definition) is 3.